The molecule has 2 N–H and O–H groups in total. The highest BCUT2D eigenvalue weighted by Gasteiger charge is 2.35. The number of benzene rings is 1. The summed E-state index contributed by atoms with van der Waals surface area (Å²) < 4.78 is 22.6. The van der Waals surface area contributed by atoms with Crippen LogP contribution in [0.15, 0.2) is 18.2 Å². The van der Waals surface area contributed by atoms with E-state index in [-0.39, 0.29) is 11.3 Å². The second-order valence-electron chi connectivity index (χ2n) is 5.22. The van der Waals surface area contributed by atoms with Gasteiger partial charge in [0.15, 0.2) is 0 Å². The second kappa shape index (κ2) is 6.20. The zero-order chi connectivity index (χ0) is 14.9. The van der Waals surface area contributed by atoms with Crippen molar-refractivity contribution in [1.29, 1.82) is 0 Å². The molecule has 1 aromatic rings. The maximum absolute atomic E-state index is 11.3. The molecular weight excluding hydrogens is 321 g/mol. The number of aliphatic hydroxyl groups is 1. The van der Waals surface area contributed by atoms with Crippen LogP contribution in [-0.4, -0.2) is 37.6 Å². The van der Waals surface area contributed by atoms with Crippen LogP contribution in [0.25, 0.3) is 0 Å². The molecule has 0 saturated heterocycles. The van der Waals surface area contributed by atoms with E-state index < -0.39 is 15.9 Å². The first-order valence-corrected chi connectivity index (χ1v) is 9.03. The fourth-order valence-corrected chi connectivity index (χ4v) is 3.67. The van der Waals surface area contributed by atoms with E-state index in [2.05, 4.69) is 5.32 Å². The Balaban J connectivity index is 1.82. The molecule has 2 rings (SSSR count). The summed E-state index contributed by atoms with van der Waals surface area (Å²) >= 11 is 11.7. The standard InChI is InChI=1S/C13H17Cl2NO3S/c1-20(18,19)10-5-9(6-10)16-7-13(17)8-2-3-11(14)12(15)4-8/h2-4,9-10,13,16-17H,5-7H2,1H3/t9?,10?,13-/m1/s1. The van der Waals surface area contributed by atoms with Gasteiger partial charge in [-0.15, -0.1) is 0 Å². The van der Waals surface area contributed by atoms with Crippen molar-refractivity contribution in [2.75, 3.05) is 12.8 Å². The highest BCUT2D eigenvalue weighted by atomic mass is 35.5. The van der Waals surface area contributed by atoms with Crippen LogP contribution in [-0.2, 0) is 9.84 Å². The largest absolute Gasteiger partial charge is 0.387 e. The van der Waals surface area contributed by atoms with Crippen molar-refractivity contribution in [2.24, 2.45) is 0 Å². The first kappa shape index (κ1) is 16.0. The van der Waals surface area contributed by atoms with E-state index in [9.17, 15) is 13.5 Å². The fourth-order valence-electron chi connectivity index (χ4n) is 2.20. The number of hydrogen-bond donors (Lipinski definition) is 2. The number of aliphatic hydroxyl groups excluding tert-OH is 1. The molecule has 0 bridgehead atoms. The van der Waals surface area contributed by atoms with E-state index in [1.54, 1.807) is 18.2 Å². The number of nitrogens with one attached hydrogen (secondary N) is 1. The van der Waals surface area contributed by atoms with Gasteiger partial charge in [0.25, 0.3) is 0 Å². The fraction of sp³-hybridized carbons (Fsp3) is 0.538. The van der Waals surface area contributed by atoms with Gasteiger partial charge in [-0.3, -0.25) is 0 Å². The predicted octanol–water partition coefficient (Wildman–Crippen LogP) is 2.19. The van der Waals surface area contributed by atoms with E-state index in [1.165, 1.54) is 6.26 Å². The smallest absolute Gasteiger partial charge is 0.150 e. The predicted molar refractivity (Wildman–Crippen MR) is 81.1 cm³/mol. The molecule has 20 heavy (non-hydrogen) atoms. The molecule has 0 aliphatic heterocycles. The van der Waals surface area contributed by atoms with Crippen molar-refractivity contribution in [3.8, 4) is 0 Å². The third kappa shape index (κ3) is 3.86. The molecule has 1 atom stereocenters. The Bertz CT molecular complexity index is 585. The lowest BCUT2D eigenvalue weighted by Gasteiger charge is -2.35. The Morgan fingerprint density at radius 1 is 1.35 bits per heavy atom. The quantitative estimate of drug-likeness (QED) is 0.864. The molecule has 0 unspecified atom stereocenters. The highest BCUT2D eigenvalue weighted by Crippen LogP contribution is 2.28. The van der Waals surface area contributed by atoms with E-state index >= 15 is 0 Å². The first-order chi connectivity index (χ1) is 9.27. The van der Waals surface area contributed by atoms with E-state index in [1.807, 2.05) is 0 Å². The summed E-state index contributed by atoms with van der Waals surface area (Å²) in [6.45, 7) is 0.360. The van der Waals surface area contributed by atoms with Gasteiger partial charge in [0.2, 0.25) is 0 Å². The van der Waals surface area contributed by atoms with Crippen molar-refractivity contribution in [3.05, 3.63) is 33.8 Å². The monoisotopic (exact) mass is 337 g/mol. The molecule has 0 heterocycles. The Morgan fingerprint density at radius 3 is 2.55 bits per heavy atom. The number of halogens is 2. The van der Waals surface area contributed by atoms with Gasteiger partial charge in [-0.25, -0.2) is 8.42 Å². The summed E-state index contributed by atoms with van der Waals surface area (Å²) in [5, 5.41) is 13.8. The minimum Gasteiger partial charge on any atom is -0.387 e. The van der Waals surface area contributed by atoms with Gasteiger partial charge in [0, 0.05) is 18.8 Å². The molecule has 0 aromatic heterocycles. The van der Waals surface area contributed by atoms with Crippen LogP contribution in [0, 0.1) is 0 Å². The molecule has 1 fully saturated rings. The summed E-state index contributed by atoms with van der Waals surface area (Å²) in [5.41, 5.74) is 0.686. The molecule has 0 spiro atoms. The van der Waals surface area contributed by atoms with Crippen molar-refractivity contribution in [1.82, 2.24) is 5.32 Å². The second-order valence-corrected chi connectivity index (χ2v) is 8.36. The van der Waals surface area contributed by atoms with Crippen LogP contribution in [0.5, 0.6) is 0 Å². The molecule has 4 nitrogen and oxygen atoms in total. The van der Waals surface area contributed by atoms with Gasteiger partial charge in [-0.1, -0.05) is 29.3 Å². The van der Waals surface area contributed by atoms with Gasteiger partial charge in [-0.2, -0.15) is 0 Å². The Kier molecular flexibility index (Phi) is 4.97. The lowest BCUT2D eigenvalue weighted by atomic mass is 9.92. The van der Waals surface area contributed by atoms with Crippen molar-refractivity contribution >= 4 is 33.0 Å². The summed E-state index contributed by atoms with van der Waals surface area (Å²) in [5.74, 6) is 0. The van der Waals surface area contributed by atoms with Gasteiger partial charge >= 0.3 is 0 Å². The van der Waals surface area contributed by atoms with Crippen molar-refractivity contribution in [2.45, 2.75) is 30.2 Å². The third-order valence-corrected chi connectivity index (χ3v) is 5.96. The van der Waals surface area contributed by atoms with Crippen LogP contribution >= 0.6 is 23.2 Å². The molecule has 1 saturated carbocycles. The summed E-state index contributed by atoms with van der Waals surface area (Å²) in [6, 6.07) is 5.15. The molecule has 7 heteroatoms. The summed E-state index contributed by atoms with van der Waals surface area (Å²) in [4.78, 5) is 0. The molecular formula is C13H17Cl2NO3S. The Hall–Kier alpha value is -0.330. The van der Waals surface area contributed by atoms with Gasteiger partial charge in [-0.05, 0) is 30.5 Å². The van der Waals surface area contributed by atoms with Gasteiger partial charge in [0.1, 0.15) is 9.84 Å². The van der Waals surface area contributed by atoms with E-state index in [0.29, 0.717) is 35.0 Å². The number of rotatable bonds is 5. The summed E-state index contributed by atoms with van der Waals surface area (Å²) in [6.07, 6.45) is 1.78. The number of sulfone groups is 1. The van der Waals surface area contributed by atoms with Crippen molar-refractivity contribution < 1.29 is 13.5 Å². The first-order valence-electron chi connectivity index (χ1n) is 6.32. The third-order valence-electron chi connectivity index (χ3n) is 3.63. The van der Waals surface area contributed by atoms with Crippen LogP contribution in [0.3, 0.4) is 0 Å². The molecule has 0 amide bonds. The molecule has 1 aromatic carbocycles. The van der Waals surface area contributed by atoms with E-state index in [0.717, 1.165) is 0 Å². The maximum Gasteiger partial charge on any atom is 0.150 e. The molecule has 1 aliphatic carbocycles. The number of hydrogen-bond acceptors (Lipinski definition) is 4. The molecule has 1 aliphatic rings. The lowest BCUT2D eigenvalue weighted by Crippen LogP contribution is -2.48. The Labute approximate surface area is 129 Å². The normalized spacial score (nSPS) is 24.2. The molecule has 0 radical (unpaired) electrons. The van der Waals surface area contributed by atoms with Gasteiger partial charge in [0.05, 0.1) is 21.4 Å². The van der Waals surface area contributed by atoms with E-state index in [4.69, 9.17) is 23.2 Å². The average molecular weight is 338 g/mol. The van der Waals surface area contributed by atoms with Crippen molar-refractivity contribution in [3.63, 3.8) is 0 Å². The zero-order valence-electron chi connectivity index (χ0n) is 11.0. The van der Waals surface area contributed by atoms with Crippen LogP contribution in [0.2, 0.25) is 10.0 Å². The van der Waals surface area contributed by atoms with Gasteiger partial charge < -0.3 is 10.4 Å². The van der Waals surface area contributed by atoms with Crippen LogP contribution in [0.1, 0.15) is 24.5 Å². The SMILES string of the molecule is CS(=O)(=O)C1CC(NC[C@@H](O)c2ccc(Cl)c(Cl)c2)C1. The minimum atomic E-state index is -2.93. The molecule has 112 valence electrons. The Morgan fingerprint density at radius 2 is 2.00 bits per heavy atom. The average Bonchev–Trinajstić information content (AvgIpc) is 2.28. The zero-order valence-corrected chi connectivity index (χ0v) is 13.3. The van der Waals surface area contributed by atoms with Crippen LogP contribution in [0.4, 0.5) is 0 Å². The lowest BCUT2D eigenvalue weighted by molar-refractivity contribution is 0.162. The van der Waals surface area contributed by atoms with Crippen LogP contribution < -0.4 is 5.32 Å². The summed E-state index contributed by atoms with van der Waals surface area (Å²) in [7, 11) is -2.93. The highest BCUT2D eigenvalue weighted by molar-refractivity contribution is 7.91. The topological polar surface area (TPSA) is 66.4 Å². The maximum atomic E-state index is 11.3. The minimum absolute atomic E-state index is 0.146.